The number of likely N-dealkylation sites (tertiary alicyclic amines) is 1. The Bertz CT molecular complexity index is 1040. The van der Waals surface area contributed by atoms with Gasteiger partial charge < -0.3 is 10.3 Å². The molecular formula is C24H28N4O2. The van der Waals surface area contributed by atoms with Crippen LogP contribution in [-0.2, 0) is 11.2 Å². The van der Waals surface area contributed by atoms with Gasteiger partial charge in [0.1, 0.15) is 5.82 Å². The average Bonchev–Trinajstić information content (AvgIpc) is 3.29. The van der Waals surface area contributed by atoms with Crippen molar-refractivity contribution < 1.29 is 4.79 Å². The lowest BCUT2D eigenvalue weighted by atomic mass is 10.1. The standard InChI is InChI=1S/C24H28N4O2/c29-23(14-8-13-22-26-20-12-5-4-11-19(20)24(30)27-22)25-17-21(28-15-6-7-16-28)18-9-2-1-3-10-18/h1-5,9-12,21H,6-8,13-17H2,(H,25,29)(H,26,27,30). The molecule has 1 atom stereocenters. The van der Waals surface area contributed by atoms with Crippen LogP contribution in [0.2, 0.25) is 0 Å². The molecule has 1 aromatic heterocycles. The zero-order valence-electron chi connectivity index (χ0n) is 17.1. The Hall–Kier alpha value is -2.99. The number of H-pyrrole nitrogens is 1. The quantitative estimate of drug-likeness (QED) is 0.604. The molecular weight excluding hydrogens is 376 g/mol. The second-order valence-electron chi connectivity index (χ2n) is 7.86. The zero-order valence-corrected chi connectivity index (χ0v) is 17.1. The fourth-order valence-corrected chi connectivity index (χ4v) is 4.15. The number of aromatic nitrogens is 2. The molecule has 0 saturated carbocycles. The molecule has 1 aliphatic heterocycles. The molecule has 1 aliphatic rings. The number of nitrogens with zero attached hydrogens (tertiary/aromatic N) is 2. The molecule has 0 radical (unpaired) electrons. The molecule has 30 heavy (non-hydrogen) atoms. The zero-order chi connectivity index (χ0) is 20.8. The Kier molecular flexibility index (Phi) is 6.54. The number of aromatic amines is 1. The van der Waals surface area contributed by atoms with Gasteiger partial charge in [0.15, 0.2) is 0 Å². The van der Waals surface area contributed by atoms with E-state index < -0.39 is 0 Å². The van der Waals surface area contributed by atoms with Gasteiger partial charge in [0.05, 0.1) is 16.9 Å². The average molecular weight is 405 g/mol. The van der Waals surface area contributed by atoms with Crippen molar-refractivity contribution in [1.29, 1.82) is 0 Å². The van der Waals surface area contributed by atoms with Gasteiger partial charge in [0, 0.05) is 19.4 Å². The number of aryl methyl sites for hydroxylation is 1. The number of rotatable bonds is 8. The van der Waals surface area contributed by atoms with Crippen molar-refractivity contribution in [2.45, 2.75) is 38.1 Å². The highest BCUT2D eigenvalue weighted by Crippen LogP contribution is 2.24. The number of carbonyl (C=O) groups excluding carboxylic acids is 1. The molecule has 0 spiro atoms. The molecule has 2 aromatic carbocycles. The van der Waals surface area contributed by atoms with Crippen LogP contribution in [0, 0.1) is 0 Å². The summed E-state index contributed by atoms with van der Waals surface area (Å²) in [5.41, 5.74) is 1.81. The maximum absolute atomic E-state index is 12.4. The van der Waals surface area contributed by atoms with E-state index in [-0.39, 0.29) is 17.5 Å². The number of benzene rings is 2. The minimum atomic E-state index is -0.128. The molecule has 2 heterocycles. The first-order valence-corrected chi connectivity index (χ1v) is 10.7. The number of carbonyl (C=O) groups is 1. The monoisotopic (exact) mass is 404 g/mol. The predicted molar refractivity (Wildman–Crippen MR) is 118 cm³/mol. The van der Waals surface area contributed by atoms with E-state index in [1.165, 1.54) is 18.4 Å². The third-order valence-electron chi connectivity index (χ3n) is 5.74. The Morgan fingerprint density at radius 3 is 2.60 bits per heavy atom. The molecule has 156 valence electrons. The highest BCUT2D eigenvalue weighted by atomic mass is 16.1. The van der Waals surface area contributed by atoms with Gasteiger partial charge in [-0.1, -0.05) is 42.5 Å². The number of fused-ring (bicyclic) bond motifs is 1. The van der Waals surface area contributed by atoms with Crippen LogP contribution in [0.4, 0.5) is 0 Å². The Morgan fingerprint density at radius 2 is 1.80 bits per heavy atom. The van der Waals surface area contributed by atoms with Gasteiger partial charge in [-0.05, 0) is 50.0 Å². The van der Waals surface area contributed by atoms with E-state index in [9.17, 15) is 9.59 Å². The summed E-state index contributed by atoms with van der Waals surface area (Å²) in [7, 11) is 0. The van der Waals surface area contributed by atoms with Crippen LogP contribution in [0.1, 0.15) is 43.1 Å². The van der Waals surface area contributed by atoms with Gasteiger partial charge in [-0.15, -0.1) is 0 Å². The molecule has 0 bridgehead atoms. The van der Waals surface area contributed by atoms with Crippen molar-refractivity contribution in [3.05, 3.63) is 76.3 Å². The minimum absolute atomic E-state index is 0.0401. The van der Waals surface area contributed by atoms with Gasteiger partial charge in [-0.2, -0.15) is 0 Å². The number of amides is 1. The summed E-state index contributed by atoms with van der Waals surface area (Å²) in [6.07, 6.45) is 4.06. The van der Waals surface area contributed by atoms with Crippen LogP contribution < -0.4 is 10.9 Å². The molecule has 1 saturated heterocycles. The normalized spacial score (nSPS) is 15.3. The lowest BCUT2D eigenvalue weighted by molar-refractivity contribution is -0.121. The molecule has 2 N–H and O–H groups in total. The Labute approximate surface area is 176 Å². The van der Waals surface area contributed by atoms with Crippen molar-refractivity contribution in [2.75, 3.05) is 19.6 Å². The van der Waals surface area contributed by atoms with Crippen molar-refractivity contribution in [2.24, 2.45) is 0 Å². The Morgan fingerprint density at radius 1 is 1.07 bits per heavy atom. The first kappa shape index (κ1) is 20.3. The van der Waals surface area contributed by atoms with E-state index in [2.05, 4.69) is 44.5 Å². The van der Waals surface area contributed by atoms with E-state index in [4.69, 9.17) is 0 Å². The van der Waals surface area contributed by atoms with Crippen LogP contribution in [0.25, 0.3) is 10.9 Å². The van der Waals surface area contributed by atoms with Gasteiger partial charge in [0.2, 0.25) is 5.91 Å². The maximum Gasteiger partial charge on any atom is 0.258 e. The van der Waals surface area contributed by atoms with E-state index in [0.717, 1.165) is 13.1 Å². The van der Waals surface area contributed by atoms with Gasteiger partial charge in [0.25, 0.3) is 5.56 Å². The molecule has 1 amide bonds. The second kappa shape index (κ2) is 9.67. The maximum atomic E-state index is 12.4. The third kappa shape index (κ3) is 4.94. The fraction of sp³-hybridized carbons (Fsp3) is 0.375. The lowest BCUT2D eigenvalue weighted by Crippen LogP contribution is -2.36. The topological polar surface area (TPSA) is 78.1 Å². The van der Waals surface area contributed by atoms with Crippen molar-refractivity contribution >= 4 is 16.8 Å². The van der Waals surface area contributed by atoms with Crippen LogP contribution >= 0.6 is 0 Å². The highest BCUT2D eigenvalue weighted by molar-refractivity contribution is 5.77. The molecule has 1 unspecified atom stereocenters. The predicted octanol–water partition coefficient (Wildman–Crippen LogP) is 3.20. The van der Waals surface area contributed by atoms with Gasteiger partial charge in [-0.25, -0.2) is 4.98 Å². The lowest BCUT2D eigenvalue weighted by Gasteiger charge is -2.28. The molecule has 0 aliphatic carbocycles. The third-order valence-corrected chi connectivity index (χ3v) is 5.74. The molecule has 6 nitrogen and oxygen atoms in total. The molecule has 1 fully saturated rings. The van der Waals surface area contributed by atoms with E-state index >= 15 is 0 Å². The first-order chi connectivity index (χ1) is 14.7. The van der Waals surface area contributed by atoms with E-state index in [1.54, 1.807) is 6.07 Å². The fourth-order valence-electron chi connectivity index (χ4n) is 4.15. The summed E-state index contributed by atoms with van der Waals surface area (Å²) in [5.74, 6) is 0.670. The second-order valence-corrected chi connectivity index (χ2v) is 7.86. The summed E-state index contributed by atoms with van der Waals surface area (Å²) < 4.78 is 0. The largest absolute Gasteiger partial charge is 0.354 e. The number of hydrogen-bond donors (Lipinski definition) is 2. The number of nitrogens with one attached hydrogen (secondary N) is 2. The number of para-hydroxylation sites is 1. The minimum Gasteiger partial charge on any atom is -0.354 e. The van der Waals surface area contributed by atoms with Crippen LogP contribution in [0.3, 0.4) is 0 Å². The highest BCUT2D eigenvalue weighted by Gasteiger charge is 2.23. The first-order valence-electron chi connectivity index (χ1n) is 10.7. The molecule has 4 rings (SSSR count). The molecule has 3 aromatic rings. The SMILES string of the molecule is O=C(CCCc1nc2ccccc2c(=O)[nH]1)NCC(c1ccccc1)N1CCCC1. The number of hydrogen-bond acceptors (Lipinski definition) is 4. The van der Waals surface area contributed by atoms with Crippen LogP contribution in [0.5, 0.6) is 0 Å². The van der Waals surface area contributed by atoms with Crippen LogP contribution in [-0.4, -0.2) is 40.4 Å². The summed E-state index contributed by atoms with van der Waals surface area (Å²) in [5, 5.41) is 3.70. The smallest absolute Gasteiger partial charge is 0.258 e. The van der Waals surface area contributed by atoms with E-state index in [1.807, 2.05) is 24.3 Å². The summed E-state index contributed by atoms with van der Waals surface area (Å²) in [6, 6.07) is 17.9. The van der Waals surface area contributed by atoms with E-state index in [0.29, 0.717) is 42.5 Å². The van der Waals surface area contributed by atoms with Crippen molar-refractivity contribution in [1.82, 2.24) is 20.2 Å². The van der Waals surface area contributed by atoms with Gasteiger partial charge >= 0.3 is 0 Å². The summed E-state index contributed by atoms with van der Waals surface area (Å²) in [6.45, 7) is 2.78. The Balaban J connectivity index is 1.30. The van der Waals surface area contributed by atoms with Crippen molar-refractivity contribution in [3.63, 3.8) is 0 Å². The van der Waals surface area contributed by atoms with Crippen LogP contribution in [0.15, 0.2) is 59.4 Å². The van der Waals surface area contributed by atoms with Crippen molar-refractivity contribution in [3.8, 4) is 0 Å². The summed E-state index contributed by atoms with van der Waals surface area (Å²) in [4.78, 5) is 34.4. The summed E-state index contributed by atoms with van der Waals surface area (Å²) >= 11 is 0. The molecule has 6 heteroatoms. The van der Waals surface area contributed by atoms with Gasteiger partial charge in [-0.3, -0.25) is 14.5 Å².